The van der Waals surface area contributed by atoms with Gasteiger partial charge in [-0.2, -0.15) is 0 Å². The Morgan fingerprint density at radius 3 is 2.57 bits per heavy atom. The highest BCUT2D eigenvalue weighted by Gasteiger charge is 2.18. The molecule has 1 N–H and O–H groups in total. The van der Waals surface area contributed by atoms with Crippen molar-refractivity contribution in [3.8, 4) is 0 Å². The van der Waals surface area contributed by atoms with Gasteiger partial charge in [-0.05, 0) is 60.3 Å². The molecule has 3 rings (SSSR count). The van der Waals surface area contributed by atoms with E-state index in [2.05, 4.69) is 65.4 Å². The first-order chi connectivity index (χ1) is 10.1. The molecule has 1 aliphatic rings. The Morgan fingerprint density at radius 1 is 1.05 bits per heavy atom. The molecule has 0 radical (unpaired) electrons. The van der Waals surface area contributed by atoms with Crippen LogP contribution in [0.1, 0.15) is 39.4 Å². The van der Waals surface area contributed by atoms with Crippen LogP contribution in [0.5, 0.6) is 0 Å². The van der Waals surface area contributed by atoms with Crippen molar-refractivity contribution in [2.24, 2.45) is 0 Å². The lowest BCUT2D eigenvalue weighted by molar-refractivity contribution is 0.134. The van der Waals surface area contributed by atoms with E-state index in [4.69, 9.17) is 4.74 Å². The molecule has 0 amide bonds. The summed E-state index contributed by atoms with van der Waals surface area (Å²) in [6, 6.07) is 11.4. The largest absolute Gasteiger partial charge is 0.372 e. The molecule has 1 heterocycles. The minimum atomic E-state index is 0.211. The number of halogens is 1. The monoisotopic (exact) mass is 345 g/mol. The molecule has 2 nitrogen and oxygen atoms in total. The van der Waals surface area contributed by atoms with Gasteiger partial charge in [0.15, 0.2) is 0 Å². The van der Waals surface area contributed by atoms with Crippen molar-refractivity contribution >= 4 is 15.9 Å². The first-order valence-electron chi connectivity index (χ1n) is 7.23. The molecule has 0 aliphatic carbocycles. The molecule has 0 fully saturated rings. The lowest BCUT2D eigenvalue weighted by atomic mass is 9.92. The minimum Gasteiger partial charge on any atom is -0.372 e. The summed E-state index contributed by atoms with van der Waals surface area (Å²) in [5.41, 5.74) is 7.82. The third-order valence-corrected chi connectivity index (χ3v) is 5.08. The van der Waals surface area contributed by atoms with Gasteiger partial charge in [0, 0.05) is 4.47 Å². The normalized spacial score (nSPS) is 15.0. The first kappa shape index (κ1) is 14.8. The van der Waals surface area contributed by atoms with Crippen LogP contribution < -0.4 is 5.32 Å². The smallest absolute Gasteiger partial charge is 0.0725 e. The van der Waals surface area contributed by atoms with Gasteiger partial charge in [-0.25, -0.2) is 0 Å². The summed E-state index contributed by atoms with van der Waals surface area (Å²) in [7, 11) is 2.02. The number of benzene rings is 2. The van der Waals surface area contributed by atoms with Crippen LogP contribution in [0.2, 0.25) is 0 Å². The SMILES string of the molecule is CNC(c1ccc2c(c1)COC2)c1cc(C)c(Br)cc1C. The maximum Gasteiger partial charge on any atom is 0.0725 e. The number of hydrogen-bond donors (Lipinski definition) is 1. The lowest BCUT2D eigenvalue weighted by Crippen LogP contribution is -2.19. The number of hydrogen-bond acceptors (Lipinski definition) is 2. The van der Waals surface area contributed by atoms with Gasteiger partial charge in [0.1, 0.15) is 0 Å². The van der Waals surface area contributed by atoms with E-state index < -0.39 is 0 Å². The Hall–Kier alpha value is -1.16. The second-order valence-corrected chi connectivity index (χ2v) is 6.55. The quantitative estimate of drug-likeness (QED) is 0.889. The molecule has 0 bridgehead atoms. The second-order valence-electron chi connectivity index (χ2n) is 5.70. The summed E-state index contributed by atoms with van der Waals surface area (Å²) in [5, 5.41) is 3.46. The molecule has 1 unspecified atom stereocenters. The number of rotatable bonds is 3. The number of ether oxygens (including phenoxy) is 1. The maximum absolute atomic E-state index is 5.52. The zero-order valence-electron chi connectivity index (χ0n) is 12.7. The van der Waals surface area contributed by atoms with Gasteiger partial charge in [0.25, 0.3) is 0 Å². The zero-order valence-corrected chi connectivity index (χ0v) is 14.3. The molecule has 3 heteroatoms. The van der Waals surface area contributed by atoms with Crippen LogP contribution in [0.25, 0.3) is 0 Å². The van der Waals surface area contributed by atoms with Gasteiger partial charge in [-0.3, -0.25) is 0 Å². The van der Waals surface area contributed by atoms with Crippen molar-refractivity contribution in [1.29, 1.82) is 0 Å². The number of nitrogens with one attached hydrogen (secondary N) is 1. The van der Waals surface area contributed by atoms with Crippen LogP contribution in [-0.4, -0.2) is 7.05 Å². The molecule has 0 aromatic heterocycles. The van der Waals surface area contributed by atoms with Gasteiger partial charge in [0.2, 0.25) is 0 Å². The van der Waals surface area contributed by atoms with Gasteiger partial charge < -0.3 is 10.1 Å². The van der Waals surface area contributed by atoms with Gasteiger partial charge in [0.05, 0.1) is 19.3 Å². The Bertz CT molecular complexity index is 681. The Balaban J connectivity index is 2.04. The molecule has 1 atom stereocenters. The lowest BCUT2D eigenvalue weighted by Gasteiger charge is -2.21. The maximum atomic E-state index is 5.52. The first-order valence-corrected chi connectivity index (χ1v) is 8.03. The molecule has 0 spiro atoms. The predicted molar refractivity (Wildman–Crippen MR) is 89.5 cm³/mol. The Morgan fingerprint density at radius 2 is 1.81 bits per heavy atom. The zero-order chi connectivity index (χ0) is 15.0. The molecule has 110 valence electrons. The predicted octanol–water partition coefficient (Wildman–Crippen LogP) is 4.40. The van der Waals surface area contributed by atoms with Crippen molar-refractivity contribution in [3.63, 3.8) is 0 Å². The summed E-state index contributed by atoms with van der Waals surface area (Å²) in [4.78, 5) is 0. The van der Waals surface area contributed by atoms with Crippen LogP contribution in [0, 0.1) is 13.8 Å². The van der Waals surface area contributed by atoms with E-state index in [9.17, 15) is 0 Å². The van der Waals surface area contributed by atoms with Gasteiger partial charge in [-0.15, -0.1) is 0 Å². The summed E-state index contributed by atoms with van der Waals surface area (Å²) in [6.07, 6.45) is 0. The Kier molecular flexibility index (Phi) is 4.16. The van der Waals surface area contributed by atoms with Gasteiger partial charge >= 0.3 is 0 Å². The van der Waals surface area contributed by atoms with Crippen molar-refractivity contribution in [2.75, 3.05) is 7.05 Å². The average Bonchev–Trinajstić information content (AvgIpc) is 2.92. The summed E-state index contributed by atoms with van der Waals surface area (Å²) < 4.78 is 6.69. The van der Waals surface area contributed by atoms with Crippen LogP contribution in [0.15, 0.2) is 34.8 Å². The highest BCUT2D eigenvalue weighted by atomic mass is 79.9. The van der Waals surface area contributed by atoms with Crippen molar-refractivity contribution < 1.29 is 4.74 Å². The fourth-order valence-corrected chi connectivity index (χ4v) is 3.45. The van der Waals surface area contributed by atoms with Crippen molar-refractivity contribution in [2.45, 2.75) is 33.1 Å². The minimum absolute atomic E-state index is 0.211. The van der Waals surface area contributed by atoms with E-state index in [-0.39, 0.29) is 6.04 Å². The van der Waals surface area contributed by atoms with E-state index in [0.717, 1.165) is 13.2 Å². The van der Waals surface area contributed by atoms with E-state index in [1.165, 1.54) is 37.9 Å². The van der Waals surface area contributed by atoms with Gasteiger partial charge in [-0.1, -0.05) is 40.2 Å². The summed E-state index contributed by atoms with van der Waals surface area (Å²) in [6.45, 7) is 5.78. The molecule has 2 aromatic carbocycles. The van der Waals surface area contributed by atoms with Crippen LogP contribution >= 0.6 is 15.9 Å². The fraction of sp³-hybridized carbons (Fsp3) is 0.333. The van der Waals surface area contributed by atoms with E-state index >= 15 is 0 Å². The highest BCUT2D eigenvalue weighted by Crippen LogP contribution is 2.31. The Labute approximate surface area is 134 Å². The molecule has 2 aromatic rings. The van der Waals surface area contributed by atoms with Crippen LogP contribution in [0.3, 0.4) is 0 Å². The highest BCUT2D eigenvalue weighted by molar-refractivity contribution is 9.10. The van der Waals surface area contributed by atoms with Crippen molar-refractivity contribution in [1.82, 2.24) is 5.32 Å². The van der Waals surface area contributed by atoms with E-state index in [0.29, 0.717) is 0 Å². The fourth-order valence-electron chi connectivity index (χ4n) is 2.99. The van der Waals surface area contributed by atoms with Crippen molar-refractivity contribution in [3.05, 3.63) is 68.2 Å². The summed E-state index contributed by atoms with van der Waals surface area (Å²) >= 11 is 3.61. The molecule has 1 aliphatic heterocycles. The number of fused-ring (bicyclic) bond motifs is 1. The standard InChI is InChI=1S/C18H20BrNO/c1-11-7-17(19)12(2)6-16(11)18(20-3)13-4-5-14-9-21-10-15(14)8-13/h4-8,18,20H,9-10H2,1-3H3. The van der Waals surface area contributed by atoms with Crippen LogP contribution in [0.4, 0.5) is 0 Å². The molecular formula is C18H20BrNO. The third kappa shape index (κ3) is 2.78. The second kappa shape index (κ2) is 5.91. The number of aryl methyl sites for hydroxylation is 2. The summed E-state index contributed by atoms with van der Waals surface area (Å²) in [5.74, 6) is 0. The third-order valence-electron chi connectivity index (χ3n) is 4.23. The average molecular weight is 346 g/mol. The van der Waals surface area contributed by atoms with E-state index in [1.807, 2.05) is 7.05 Å². The van der Waals surface area contributed by atoms with Crippen LogP contribution in [-0.2, 0) is 18.0 Å². The molecule has 21 heavy (non-hydrogen) atoms. The molecule has 0 saturated heterocycles. The molecule has 0 saturated carbocycles. The van der Waals surface area contributed by atoms with E-state index in [1.54, 1.807) is 0 Å². The topological polar surface area (TPSA) is 21.3 Å². The molecular weight excluding hydrogens is 326 g/mol.